The number of nitrogens with zero attached hydrogens (tertiary/aromatic N) is 1. The molecule has 1 unspecified atom stereocenters. The fourth-order valence-corrected chi connectivity index (χ4v) is 2.80. The molecule has 0 aromatic heterocycles. The summed E-state index contributed by atoms with van der Waals surface area (Å²) in [5.74, 6) is 0.151. The van der Waals surface area contributed by atoms with Crippen molar-refractivity contribution in [1.82, 2.24) is 4.90 Å². The molecule has 0 spiro atoms. The van der Waals surface area contributed by atoms with E-state index in [1.165, 1.54) is 12.8 Å². The molecule has 1 aliphatic rings. The van der Waals surface area contributed by atoms with E-state index in [4.69, 9.17) is 23.2 Å². The van der Waals surface area contributed by atoms with Gasteiger partial charge in [-0.3, -0.25) is 9.69 Å². The van der Waals surface area contributed by atoms with Gasteiger partial charge in [0.15, 0.2) is 5.78 Å². The molecule has 1 aromatic carbocycles. The summed E-state index contributed by atoms with van der Waals surface area (Å²) in [4.78, 5) is 14.8. The summed E-state index contributed by atoms with van der Waals surface area (Å²) < 4.78 is 0. The Kier molecular flexibility index (Phi) is 6.61. The van der Waals surface area contributed by atoms with Crippen molar-refractivity contribution in [3.63, 3.8) is 0 Å². The molecule has 106 valence electrons. The summed E-state index contributed by atoms with van der Waals surface area (Å²) in [6.07, 6.45) is 3.20. The number of hydrogen-bond acceptors (Lipinski definition) is 2. The third-order valence-electron chi connectivity index (χ3n) is 3.47. The first-order chi connectivity index (χ1) is 8.63. The molecule has 0 amide bonds. The number of likely N-dealkylation sites (tertiary alicyclic amines) is 1. The highest BCUT2D eigenvalue weighted by molar-refractivity contribution is 6.42. The summed E-state index contributed by atoms with van der Waals surface area (Å²) >= 11 is 11.8. The summed E-state index contributed by atoms with van der Waals surface area (Å²) in [7, 11) is 0. The van der Waals surface area contributed by atoms with E-state index in [0.717, 1.165) is 19.5 Å². The molecular formula is C14H18Cl3NO. The van der Waals surface area contributed by atoms with E-state index < -0.39 is 0 Å². The topological polar surface area (TPSA) is 20.3 Å². The lowest BCUT2D eigenvalue weighted by Crippen LogP contribution is -2.38. The molecule has 0 radical (unpaired) electrons. The third kappa shape index (κ3) is 3.85. The smallest absolute Gasteiger partial charge is 0.179 e. The predicted octanol–water partition coefficient (Wildman–Crippen LogP) is 4.47. The number of carbonyl (C=O) groups excluding carboxylic acids is 1. The molecule has 2 rings (SSSR count). The zero-order valence-electron chi connectivity index (χ0n) is 10.9. The number of ketones is 1. The molecule has 1 saturated heterocycles. The molecule has 0 aliphatic carbocycles. The maximum Gasteiger partial charge on any atom is 0.179 e. The second-order valence-corrected chi connectivity index (χ2v) is 5.47. The normalized spacial score (nSPS) is 17.0. The van der Waals surface area contributed by atoms with Crippen LogP contribution in [0.3, 0.4) is 0 Å². The molecule has 0 N–H and O–H groups in total. The number of rotatable bonds is 4. The van der Waals surface area contributed by atoms with Gasteiger partial charge in [0.25, 0.3) is 0 Å². The van der Waals surface area contributed by atoms with E-state index in [2.05, 4.69) is 11.8 Å². The van der Waals surface area contributed by atoms with Crippen molar-refractivity contribution < 1.29 is 4.79 Å². The lowest BCUT2D eigenvalue weighted by Gasteiger charge is -2.25. The van der Waals surface area contributed by atoms with Gasteiger partial charge in [0, 0.05) is 5.56 Å². The Morgan fingerprint density at radius 2 is 1.89 bits per heavy atom. The number of halogens is 3. The summed E-state index contributed by atoms with van der Waals surface area (Å²) in [6, 6.07) is 5.10. The van der Waals surface area contributed by atoms with Crippen molar-refractivity contribution in [2.24, 2.45) is 0 Å². The molecule has 5 heteroatoms. The van der Waals surface area contributed by atoms with E-state index in [-0.39, 0.29) is 24.2 Å². The average molecular weight is 323 g/mol. The van der Waals surface area contributed by atoms with Crippen LogP contribution in [0.1, 0.15) is 36.5 Å². The van der Waals surface area contributed by atoms with Crippen LogP contribution in [0, 0.1) is 0 Å². The second-order valence-electron chi connectivity index (χ2n) is 4.66. The molecule has 1 aromatic rings. The lowest BCUT2D eigenvalue weighted by atomic mass is 10.0. The molecule has 0 bridgehead atoms. The van der Waals surface area contributed by atoms with Gasteiger partial charge in [-0.05, 0) is 50.6 Å². The van der Waals surface area contributed by atoms with Gasteiger partial charge in [0.1, 0.15) is 0 Å². The first kappa shape index (κ1) is 16.8. The summed E-state index contributed by atoms with van der Waals surface area (Å²) in [5.41, 5.74) is 0.656. The standard InChI is InChI=1S/C14H17Cl2NO.ClH/c1-2-13(17-7-3-4-8-17)14(18)10-5-6-11(15)12(16)9-10;/h5-6,9,13H,2-4,7-8H2,1H3;1H. The maximum absolute atomic E-state index is 12.5. The highest BCUT2D eigenvalue weighted by atomic mass is 35.5. The van der Waals surface area contributed by atoms with Gasteiger partial charge < -0.3 is 0 Å². The van der Waals surface area contributed by atoms with Gasteiger partial charge in [-0.1, -0.05) is 30.1 Å². The Bertz CT molecular complexity index is 444. The van der Waals surface area contributed by atoms with Crippen molar-refractivity contribution in [3.8, 4) is 0 Å². The molecular weight excluding hydrogens is 305 g/mol. The van der Waals surface area contributed by atoms with Crippen LogP contribution in [0.25, 0.3) is 0 Å². The van der Waals surface area contributed by atoms with Crippen LogP contribution < -0.4 is 0 Å². The van der Waals surface area contributed by atoms with E-state index in [1.54, 1.807) is 18.2 Å². The average Bonchev–Trinajstić information content (AvgIpc) is 2.87. The largest absolute Gasteiger partial charge is 0.293 e. The Morgan fingerprint density at radius 3 is 2.42 bits per heavy atom. The van der Waals surface area contributed by atoms with Gasteiger partial charge in [0.2, 0.25) is 0 Å². The Hall–Kier alpha value is -0.280. The highest BCUT2D eigenvalue weighted by Gasteiger charge is 2.27. The van der Waals surface area contributed by atoms with Crippen molar-refractivity contribution in [1.29, 1.82) is 0 Å². The quantitative estimate of drug-likeness (QED) is 0.762. The molecule has 1 atom stereocenters. The Balaban J connectivity index is 0.00000180. The van der Waals surface area contributed by atoms with Crippen molar-refractivity contribution in [2.75, 3.05) is 13.1 Å². The van der Waals surface area contributed by atoms with Gasteiger partial charge in [-0.15, -0.1) is 12.4 Å². The van der Waals surface area contributed by atoms with Crippen molar-refractivity contribution in [2.45, 2.75) is 32.2 Å². The van der Waals surface area contributed by atoms with Crippen LogP contribution in [-0.4, -0.2) is 29.8 Å². The SMILES string of the molecule is CCC(C(=O)c1ccc(Cl)c(Cl)c1)N1CCCC1.Cl. The lowest BCUT2D eigenvalue weighted by molar-refractivity contribution is 0.0844. The molecule has 1 heterocycles. The number of Topliss-reactive ketones (excluding diaryl/α,β-unsaturated/α-hetero) is 1. The van der Waals surface area contributed by atoms with Gasteiger partial charge in [-0.25, -0.2) is 0 Å². The minimum absolute atomic E-state index is 0. The first-order valence-electron chi connectivity index (χ1n) is 6.36. The monoisotopic (exact) mass is 321 g/mol. The molecule has 1 fully saturated rings. The fraction of sp³-hybridized carbons (Fsp3) is 0.500. The van der Waals surface area contributed by atoms with Crippen LogP contribution >= 0.6 is 35.6 Å². The second kappa shape index (κ2) is 7.49. The maximum atomic E-state index is 12.5. The number of hydrogen-bond donors (Lipinski definition) is 0. The Labute approximate surface area is 130 Å². The highest BCUT2D eigenvalue weighted by Crippen LogP contribution is 2.25. The zero-order valence-corrected chi connectivity index (χ0v) is 13.2. The van der Waals surface area contributed by atoms with Crippen LogP contribution in [0.2, 0.25) is 10.0 Å². The van der Waals surface area contributed by atoms with E-state index in [9.17, 15) is 4.79 Å². The van der Waals surface area contributed by atoms with Crippen LogP contribution in [-0.2, 0) is 0 Å². The zero-order chi connectivity index (χ0) is 13.1. The Morgan fingerprint density at radius 1 is 1.26 bits per heavy atom. The van der Waals surface area contributed by atoms with Crippen LogP contribution in [0.4, 0.5) is 0 Å². The van der Waals surface area contributed by atoms with E-state index in [0.29, 0.717) is 15.6 Å². The fourth-order valence-electron chi connectivity index (χ4n) is 2.50. The third-order valence-corrected chi connectivity index (χ3v) is 4.21. The molecule has 0 saturated carbocycles. The van der Waals surface area contributed by atoms with Crippen LogP contribution in [0.5, 0.6) is 0 Å². The molecule has 19 heavy (non-hydrogen) atoms. The molecule has 1 aliphatic heterocycles. The minimum atomic E-state index is -0.0234. The number of carbonyl (C=O) groups is 1. The summed E-state index contributed by atoms with van der Waals surface area (Å²) in [6.45, 7) is 4.09. The van der Waals surface area contributed by atoms with Crippen molar-refractivity contribution in [3.05, 3.63) is 33.8 Å². The number of benzene rings is 1. The van der Waals surface area contributed by atoms with Crippen LogP contribution in [0.15, 0.2) is 18.2 Å². The molecule has 2 nitrogen and oxygen atoms in total. The minimum Gasteiger partial charge on any atom is -0.293 e. The summed E-state index contributed by atoms with van der Waals surface area (Å²) in [5, 5.41) is 0.932. The van der Waals surface area contributed by atoms with Gasteiger partial charge >= 0.3 is 0 Å². The van der Waals surface area contributed by atoms with E-state index >= 15 is 0 Å². The van der Waals surface area contributed by atoms with E-state index in [1.807, 2.05) is 0 Å². The van der Waals surface area contributed by atoms with Crippen molar-refractivity contribution >= 4 is 41.4 Å². The van der Waals surface area contributed by atoms with Gasteiger partial charge in [0.05, 0.1) is 16.1 Å². The van der Waals surface area contributed by atoms with Gasteiger partial charge in [-0.2, -0.15) is 0 Å². The predicted molar refractivity (Wildman–Crippen MR) is 82.9 cm³/mol. The first-order valence-corrected chi connectivity index (χ1v) is 7.12.